The zero-order chi connectivity index (χ0) is 11.7. The standard InChI is InChI=1S/C9H13N5O2/c1-12-3-4-14(6-8(12)15)9(16)7-5-13(2)11-10-7/h5H,3-4,6H2,1-2H3. The highest BCUT2D eigenvalue weighted by Gasteiger charge is 2.26. The number of aromatic nitrogens is 3. The molecule has 1 aromatic rings. The Morgan fingerprint density at radius 3 is 2.69 bits per heavy atom. The van der Waals surface area contributed by atoms with Crippen molar-refractivity contribution >= 4 is 11.8 Å². The van der Waals surface area contributed by atoms with Crippen molar-refractivity contribution < 1.29 is 9.59 Å². The number of amides is 2. The lowest BCUT2D eigenvalue weighted by Crippen LogP contribution is -2.50. The van der Waals surface area contributed by atoms with E-state index < -0.39 is 0 Å². The van der Waals surface area contributed by atoms with E-state index in [-0.39, 0.29) is 24.1 Å². The number of carbonyl (C=O) groups is 2. The summed E-state index contributed by atoms with van der Waals surface area (Å²) in [6.07, 6.45) is 1.55. The van der Waals surface area contributed by atoms with E-state index in [1.165, 1.54) is 9.58 Å². The second-order valence-corrected chi connectivity index (χ2v) is 3.82. The number of nitrogens with zero attached hydrogens (tertiary/aromatic N) is 5. The normalized spacial score (nSPS) is 16.8. The summed E-state index contributed by atoms with van der Waals surface area (Å²) in [5.74, 6) is -0.293. The van der Waals surface area contributed by atoms with Gasteiger partial charge in [-0.1, -0.05) is 5.21 Å². The van der Waals surface area contributed by atoms with Gasteiger partial charge in [-0.3, -0.25) is 14.3 Å². The number of likely N-dealkylation sites (N-methyl/N-ethyl adjacent to an activating group) is 1. The van der Waals surface area contributed by atoms with Gasteiger partial charge in [0.25, 0.3) is 5.91 Å². The maximum Gasteiger partial charge on any atom is 0.276 e. The molecule has 16 heavy (non-hydrogen) atoms. The second-order valence-electron chi connectivity index (χ2n) is 3.82. The number of rotatable bonds is 1. The molecular weight excluding hydrogens is 210 g/mol. The lowest BCUT2D eigenvalue weighted by atomic mass is 10.3. The van der Waals surface area contributed by atoms with Crippen molar-refractivity contribution in [3.8, 4) is 0 Å². The molecule has 0 spiro atoms. The third kappa shape index (κ3) is 1.88. The average molecular weight is 223 g/mol. The molecule has 0 N–H and O–H groups in total. The lowest BCUT2D eigenvalue weighted by molar-refractivity contribution is -0.133. The Labute approximate surface area is 92.6 Å². The van der Waals surface area contributed by atoms with E-state index in [0.717, 1.165) is 0 Å². The maximum absolute atomic E-state index is 11.9. The van der Waals surface area contributed by atoms with Gasteiger partial charge in [0.15, 0.2) is 5.69 Å². The second kappa shape index (κ2) is 3.92. The molecule has 0 radical (unpaired) electrons. The van der Waals surface area contributed by atoms with Crippen LogP contribution in [0.2, 0.25) is 0 Å². The molecule has 1 aliphatic heterocycles. The highest BCUT2D eigenvalue weighted by molar-refractivity contribution is 5.95. The van der Waals surface area contributed by atoms with Crippen LogP contribution in [0.15, 0.2) is 6.20 Å². The molecule has 0 unspecified atom stereocenters. The summed E-state index contributed by atoms with van der Waals surface area (Å²) in [4.78, 5) is 26.4. The zero-order valence-electron chi connectivity index (χ0n) is 9.25. The number of aryl methyl sites for hydroxylation is 1. The van der Waals surface area contributed by atoms with Crippen LogP contribution in [0, 0.1) is 0 Å². The molecule has 1 aromatic heterocycles. The summed E-state index contributed by atoms with van der Waals surface area (Å²) in [6, 6.07) is 0. The molecule has 0 aromatic carbocycles. The first-order valence-electron chi connectivity index (χ1n) is 4.97. The predicted molar refractivity (Wildman–Crippen MR) is 54.5 cm³/mol. The minimum Gasteiger partial charge on any atom is -0.342 e. The summed E-state index contributed by atoms with van der Waals surface area (Å²) in [5, 5.41) is 7.42. The van der Waals surface area contributed by atoms with Gasteiger partial charge in [-0.15, -0.1) is 5.10 Å². The number of piperazine rings is 1. The lowest BCUT2D eigenvalue weighted by Gasteiger charge is -2.31. The number of hydrogen-bond acceptors (Lipinski definition) is 4. The topological polar surface area (TPSA) is 71.3 Å². The van der Waals surface area contributed by atoms with E-state index >= 15 is 0 Å². The van der Waals surface area contributed by atoms with E-state index in [4.69, 9.17) is 0 Å². The van der Waals surface area contributed by atoms with Crippen LogP contribution < -0.4 is 0 Å². The van der Waals surface area contributed by atoms with Crippen molar-refractivity contribution in [2.75, 3.05) is 26.7 Å². The summed E-state index contributed by atoms with van der Waals surface area (Å²) in [7, 11) is 3.42. The first kappa shape index (κ1) is 10.6. The van der Waals surface area contributed by atoms with Crippen LogP contribution >= 0.6 is 0 Å². The fourth-order valence-electron chi connectivity index (χ4n) is 1.54. The van der Waals surface area contributed by atoms with Gasteiger partial charge in [0.2, 0.25) is 5.91 Å². The van der Waals surface area contributed by atoms with Gasteiger partial charge in [0, 0.05) is 27.2 Å². The van der Waals surface area contributed by atoms with Crippen molar-refractivity contribution in [1.29, 1.82) is 0 Å². The van der Waals surface area contributed by atoms with Gasteiger partial charge >= 0.3 is 0 Å². The Kier molecular flexibility index (Phi) is 2.59. The molecule has 86 valence electrons. The Morgan fingerprint density at radius 1 is 1.38 bits per heavy atom. The summed E-state index contributed by atoms with van der Waals surface area (Å²) >= 11 is 0. The van der Waals surface area contributed by atoms with Crippen molar-refractivity contribution in [2.45, 2.75) is 0 Å². The first-order chi connectivity index (χ1) is 7.58. The Hall–Kier alpha value is -1.92. The zero-order valence-corrected chi connectivity index (χ0v) is 9.25. The summed E-state index contributed by atoms with van der Waals surface area (Å²) in [6.45, 7) is 1.22. The molecule has 0 bridgehead atoms. The maximum atomic E-state index is 11.9. The van der Waals surface area contributed by atoms with E-state index in [1.54, 1.807) is 25.2 Å². The molecule has 7 heteroatoms. The minimum atomic E-state index is -0.241. The minimum absolute atomic E-state index is 0.0523. The van der Waals surface area contributed by atoms with Crippen molar-refractivity contribution in [1.82, 2.24) is 24.8 Å². The molecule has 7 nitrogen and oxygen atoms in total. The average Bonchev–Trinajstić information content (AvgIpc) is 2.68. The van der Waals surface area contributed by atoms with Crippen LogP contribution in [0.1, 0.15) is 10.5 Å². The van der Waals surface area contributed by atoms with Crippen LogP contribution in [0.3, 0.4) is 0 Å². The molecule has 0 saturated carbocycles. The highest BCUT2D eigenvalue weighted by Crippen LogP contribution is 2.05. The SMILES string of the molecule is CN1CCN(C(=O)c2cn(C)nn2)CC1=O. The van der Waals surface area contributed by atoms with Crippen molar-refractivity contribution in [3.63, 3.8) is 0 Å². The molecular formula is C9H13N5O2. The third-order valence-electron chi connectivity index (χ3n) is 2.57. The smallest absolute Gasteiger partial charge is 0.276 e. The van der Waals surface area contributed by atoms with Gasteiger partial charge in [-0.2, -0.15) is 0 Å². The quantitative estimate of drug-likeness (QED) is 0.595. The van der Waals surface area contributed by atoms with Crippen LogP contribution in [0.5, 0.6) is 0 Å². The predicted octanol–water partition coefficient (Wildman–Crippen LogP) is -1.27. The Balaban J connectivity index is 2.09. The Bertz CT molecular complexity index is 427. The van der Waals surface area contributed by atoms with E-state index in [9.17, 15) is 9.59 Å². The van der Waals surface area contributed by atoms with Gasteiger partial charge in [-0.05, 0) is 0 Å². The largest absolute Gasteiger partial charge is 0.342 e. The summed E-state index contributed by atoms with van der Waals surface area (Å²) in [5.41, 5.74) is 0.278. The molecule has 1 fully saturated rings. The van der Waals surface area contributed by atoms with E-state index in [1.807, 2.05) is 0 Å². The number of carbonyl (C=O) groups excluding carboxylic acids is 2. The van der Waals surface area contributed by atoms with Crippen LogP contribution in [0.4, 0.5) is 0 Å². The molecule has 1 saturated heterocycles. The fraction of sp³-hybridized carbons (Fsp3) is 0.556. The monoisotopic (exact) mass is 223 g/mol. The Morgan fingerprint density at radius 2 is 2.12 bits per heavy atom. The van der Waals surface area contributed by atoms with Crippen LogP contribution in [-0.2, 0) is 11.8 Å². The van der Waals surface area contributed by atoms with E-state index in [2.05, 4.69) is 10.3 Å². The summed E-state index contributed by atoms with van der Waals surface area (Å²) < 4.78 is 1.46. The third-order valence-corrected chi connectivity index (χ3v) is 2.57. The molecule has 0 aliphatic carbocycles. The van der Waals surface area contributed by atoms with E-state index in [0.29, 0.717) is 13.1 Å². The molecule has 0 atom stereocenters. The highest BCUT2D eigenvalue weighted by atomic mass is 16.2. The van der Waals surface area contributed by atoms with Crippen LogP contribution in [-0.4, -0.2) is 63.3 Å². The number of hydrogen-bond donors (Lipinski definition) is 0. The van der Waals surface area contributed by atoms with Crippen molar-refractivity contribution in [3.05, 3.63) is 11.9 Å². The van der Waals surface area contributed by atoms with Gasteiger partial charge < -0.3 is 9.80 Å². The molecule has 2 amide bonds. The molecule has 1 aliphatic rings. The van der Waals surface area contributed by atoms with Gasteiger partial charge in [0.05, 0.1) is 6.20 Å². The van der Waals surface area contributed by atoms with Crippen LogP contribution in [0.25, 0.3) is 0 Å². The van der Waals surface area contributed by atoms with Gasteiger partial charge in [-0.25, -0.2) is 0 Å². The molecule has 2 rings (SSSR count). The van der Waals surface area contributed by atoms with Crippen molar-refractivity contribution in [2.24, 2.45) is 7.05 Å². The molecule has 2 heterocycles. The fourth-order valence-corrected chi connectivity index (χ4v) is 1.54. The first-order valence-corrected chi connectivity index (χ1v) is 4.97. The van der Waals surface area contributed by atoms with Gasteiger partial charge in [0.1, 0.15) is 6.54 Å².